The van der Waals surface area contributed by atoms with Crippen LogP contribution in [0.15, 0.2) is 152 Å². The topological polar surface area (TPSA) is 114 Å². The predicted octanol–water partition coefficient (Wildman–Crippen LogP) is 13.8. The quantitative estimate of drug-likeness (QED) is 0.161. The van der Waals surface area contributed by atoms with Gasteiger partial charge in [0.05, 0.1) is 75.9 Å². The molecule has 0 amide bonds. The fourth-order valence-electron chi connectivity index (χ4n) is 8.91. The first kappa shape index (κ1) is 37.6. The van der Waals surface area contributed by atoms with Crippen LogP contribution in [0.3, 0.4) is 0 Å². The summed E-state index contributed by atoms with van der Waals surface area (Å²) in [7, 11) is 0. The average molecular weight is 801 g/mol. The van der Waals surface area contributed by atoms with Gasteiger partial charge in [-0.05, 0) is 137 Å². The summed E-state index contributed by atoms with van der Waals surface area (Å²) in [5.74, 6) is 0. The minimum Gasteiger partial charge on any atom is -0.309 e. The van der Waals surface area contributed by atoms with Crippen LogP contribution in [-0.4, -0.2) is 9.13 Å². The van der Waals surface area contributed by atoms with Crippen LogP contribution in [0.1, 0.15) is 27.8 Å². The van der Waals surface area contributed by atoms with E-state index in [0.29, 0.717) is 39.3 Å². The molecule has 288 valence electrons. The van der Waals surface area contributed by atoms with Gasteiger partial charge in [-0.3, -0.25) is 0 Å². The SMILES string of the molecule is [C-]#[N+]c1cc(C#N)cc(-c2ccc3c(c2)c2ccccc2n3-c2cc(-c3cc(C)cc(C#N)c3)c(-n3c4ccccc4c4cc(-c5cc(C#N)cc([N+]#[C-])c5)ccc43)cc2C#N)c1. The third-order valence-corrected chi connectivity index (χ3v) is 11.6. The molecule has 8 aromatic carbocycles. The number of aryl methyl sites for hydroxylation is 1. The summed E-state index contributed by atoms with van der Waals surface area (Å²) in [5, 5.41) is 44.6. The Hall–Kier alpha value is -9.70. The molecule has 0 saturated carbocycles. The second kappa shape index (κ2) is 14.8. The van der Waals surface area contributed by atoms with Gasteiger partial charge in [-0.1, -0.05) is 54.6 Å². The van der Waals surface area contributed by atoms with E-state index in [9.17, 15) is 21.0 Å². The van der Waals surface area contributed by atoms with E-state index in [4.69, 9.17) is 13.1 Å². The van der Waals surface area contributed by atoms with Gasteiger partial charge in [0, 0.05) is 38.2 Å². The van der Waals surface area contributed by atoms with Crippen LogP contribution in [0.5, 0.6) is 0 Å². The molecule has 0 saturated heterocycles. The zero-order valence-electron chi connectivity index (χ0n) is 33.5. The highest BCUT2D eigenvalue weighted by Gasteiger charge is 2.23. The molecule has 2 aromatic heterocycles. The largest absolute Gasteiger partial charge is 0.309 e. The van der Waals surface area contributed by atoms with Crippen LogP contribution in [-0.2, 0) is 0 Å². The van der Waals surface area contributed by atoms with Crippen LogP contribution in [0, 0.1) is 65.4 Å². The van der Waals surface area contributed by atoms with Crippen LogP contribution < -0.4 is 0 Å². The molecule has 0 radical (unpaired) electrons. The Morgan fingerprint density at radius 1 is 0.413 bits per heavy atom. The van der Waals surface area contributed by atoms with Crippen molar-refractivity contribution in [3.63, 3.8) is 0 Å². The number of hydrogen-bond donors (Lipinski definition) is 0. The monoisotopic (exact) mass is 800 g/mol. The molecule has 10 aromatic rings. The first-order valence-corrected chi connectivity index (χ1v) is 19.9. The van der Waals surface area contributed by atoms with E-state index >= 15 is 0 Å². The van der Waals surface area contributed by atoms with E-state index in [1.165, 1.54) is 0 Å². The zero-order valence-corrected chi connectivity index (χ0v) is 33.5. The Kier molecular flexibility index (Phi) is 8.85. The minimum absolute atomic E-state index is 0.387. The molecule has 0 unspecified atom stereocenters. The summed E-state index contributed by atoms with van der Waals surface area (Å²) >= 11 is 0. The van der Waals surface area contributed by atoms with E-state index in [1.54, 1.807) is 36.4 Å². The van der Waals surface area contributed by atoms with E-state index in [1.807, 2.05) is 79.7 Å². The summed E-state index contributed by atoms with van der Waals surface area (Å²) in [6.07, 6.45) is 0. The second-order valence-corrected chi connectivity index (χ2v) is 15.4. The summed E-state index contributed by atoms with van der Waals surface area (Å²) < 4.78 is 4.28. The number of nitriles is 4. The van der Waals surface area contributed by atoms with Gasteiger partial charge >= 0.3 is 0 Å². The number of benzene rings is 8. The summed E-state index contributed by atoms with van der Waals surface area (Å²) in [6.45, 7) is 17.2. The highest BCUT2D eigenvalue weighted by molar-refractivity contribution is 6.12. The van der Waals surface area contributed by atoms with Gasteiger partial charge in [-0.15, -0.1) is 0 Å². The van der Waals surface area contributed by atoms with Crippen molar-refractivity contribution in [2.24, 2.45) is 0 Å². The summed E-state index contributed by atoms with van der Waals surface area (Å²) in [5.41, 5.74) is 13.3. The lowest BCUT2D eigenvalue weighted by molar-refractivity contribution is 1.13. The van der Waals surface area contributed by atoms with Crippen LogP contribution >= 0.6 is 0 Å². The minimum atomic E-state index is 0.387. The maximum absolute atomic E-state index is 11.1. The fraction of sp³-hybridized carbons (Fsp3) is 0.0182. The molecule has 10 rings (SSSR count). The predicted molar refractivity (Wildman–Crippen MR) is 248 cm³/mol. The molecule has 0 bridgehead atoms. The Balaban J connectivity index is 1.26. The van der Waals surface area contributed by atoms with Crippen molar-refractivity contribution < 1.29 is 0 Å². The number of rotatable bonds is 5. The standard InChI is InChI=1S/C55H28N8/c1-33-16-34(29-56)20-41(17-33)47-28-54(62-50-10-6-4-8-45(50)48-25-37(12-14-52(48)62)39-18-35(30-57)21-43(23-39)60-2)42(32-59)27-55(47)63-51-11-7-5-9-46(51)49-26-38(13-15-53(49)63)40-19-36(31-58)22-44(24-40)61-3/h4-28H,1H3. The Morgan fingerprint density at radius 2 is 0.889 bits per heavy atom. The van der Waals surface area contributed by atoms with Crippen LogP contribution in [0.25, 0.3) is 98.1 Å². The average Bonchev–Trinajstić information content (AvgIpc) is 3.84. The van der Waals surface area contributed by atoms with Crippen molar-refractivity contribution in [1.29, 1.82) is 21.0 Å². The fourth-order valence-corrected chi connectivity index (χ4v) is 8.91. The molecule has 2 heterocycles. The smallest absolute Gasteiger partial charge is 0.189 e. The number of fused-ring (bicyclic) bond motifs is 6. The van der Waals surface area contributed by atoms with Gasteiger partial charge in [-0.25, -0.2) is 9.69 Å². The lowest BCUT2D eigenvalue weighted by atomic mass is 9.96. The van der Waals surface area contributed by atoms with Gasteiger partial charge in [0.25, 0.3) is 0 Å². The molecule has 0 fully saturated rings. The van der Waals surface area contributed by atoms with Gasteiger partial charge in [0.2, 0.25) is 0 Å². The van der Waals surface area contributed by atoms with Gasteiger partial charge < -0.3 is 9.13 Å². The normalized spacial score (nSPS) is 10.8. The van der Waals surface area contributed by atoms with E-state index in [-0.39, 0.29) is 0 Å². The van der Waals surface area contributed by atoms with Gasteiger partial charge in [0.15, 0.2) is 11.4 Å². The van der Waals surface area contributed by atoms with E-state index in [2.05, 4.69) is 85.6 Å². The molecule has 8 nitrogen and oxygen atoms in total. The van der Waals surface area contributed by atoms with Crippen molar-refractivity contribution in [2.75, 3.05) is 0 Å². The Labute approximate surface area is 362 Å². The maximum Gasteiger partial charge on any atom is 0.189 e. The highest BCUT2D eigenvalue weighted by Crippen LogP contribution is 2.43. The lowest BCUT2D eigenvalue weighted by Gasteiger charge is -2.19. The molecular formula is C55H28N8. The molecule has 0 atom stereocenters. The third kappa shape index (κ3) is 6.18. The molecule has 0 spiro atoms. The van der Waals surface area contributed by atoms with Crippen molar-refractivity contribution in [1.82, 2.24) is 9.13 Å². The Morgan fingerprint density at radius 3 is 1.40 bits per heavy atom. The third-order valence-electron chi connectivity index (χ3n) is 11.6. The first-order chi connectivity index (χ1) is 30.8. The number of aromatic nitrogens is 2. The number of para-hydroxylation sites is 2. The molecule has 0 N–H and O–H groups in total. The lowest BCUT2D eigenvalue weighted by Crippen LogP contribution is -2.04. The van der Waals surface area contributed by atoms with Gasteiger partial charge in [0.1, 0.15) is 6.07 Å². The zero-order chi connectivity index (χ0) is 43.4. The molecule has 0 aliphatic carbocycles. The molecular weight excluding hydrogens is 773 g/mol. The number of hydrogen-bond acceptors (Lipinski definition) is 4. The first-order valence-electron chi connectivity index (χ1n) is 19.9. The summed E-state index contributed by atoms with van der Waals surface area (Å²) in [4.78, 5) is 7.21. The van der Waals surface area contributed by atoms with Crippen molar-refractivity contribution in [2.45, 2.75) is 6.92 Å². The van der Waals surface area contributed by atoms with Crippen molar-refractivity contribution in [3.8, 4) is 69.0 Å². The maximum atomic E-state index is 11.1. The highest BCUT2D eigenvalue weighted by atomic mass is 15.0. The molecule has 8 heteroatoms. The van der Waals surface area contributed by atoms with E-state index < -0.39 is 0 Å². The van der Waals surface area contributed by atoms with Crippen molar-refractivity contribution >= 4 is 55.0 Å². The van der Waals surface area contributed by atoms with E-state index in [0.717, 1.165) is 88.2 Å². The Bertz CT molecular complexity index is 3830. The van der Waals surface area contributed by atoms with Crippen LogP contribution in [0.2, 0.25) is 0 Å². The van der Waals surface area contributed by atoms with Crippen LogP contribution in [0.4, 0.5) is 11.4 Å². The second-order valence-electron chi connectivity index (χ2n) is 15.4. The molecule has 63 heavy (non-hydrogen) atoms. The van der Waals surface area contributed by atoms with Gasteiger partial charge in [-0.2, -0.15) is 21.0 Å². The molecule has 0 aliphatic rings. The molecule has 0 aliphatic heterocycles. The summed E-state index contributed by atoms with van der Waals surface area (Å²) in [6, 6.07) is 57.7. The number of nitrogens with zero attached hydrogens (tertiary/aromatic N) is 8. The van der Waals surface area contributed by atoms with Crippen molar-refractivity contribution in [3.05, 3.63) is 202 Å².